The number of nitrogens with two attached hydrogens (primary N) is 1. The molecule has 2 N–H and O–H groups in total. The number of benzene rings is 1. The van der Waals surface area contributed by atoms with Gasteiger partial charge in [-0.15, -0.1) is 0 Å². The van der Waals surface area contributed by atoms with Crippen LogP contribution < -0.4 is 5.73 Å². The summed E-state index contributed by atoms with van der Waals surface area (Å²) in [5.41, 5.74) is 7.51. The number of piperidine rings is 1. The van der Waals surface area contributed by atoms with Gasteiger partial charge in [-0.05, 0) is 37.5 Å². The molecule has 1 aliphatic rings. The zero-order valence-electron chi connectivity index (χ0n) is 15.5. The second-order valence-corrected chi connectivity index (χ2v) is 8.50. The summed E-state index contributed by atoms with van der Waals surface area (Å²) in [6.45, 7) is 3.13. The number of halogens is 1. The SMILES string of the molecule is Cc1nc(N)sc1C(=O)N1CCCC(c2ncc(Cc3cccc(Cl)c3)o2)C1. The molecule has 8 heteroatoms. The number of carbonyl (C=O) groups excluding carboxylic acids is 1. The number of nitrogens with zero attached hydrogens (tertiary/aromatic N) is 3. The molecule has 1 saturated heterocycles. The molecule has 0 aliphatic carbocycles. The molecule has 0 bridgehead atoms. The standard InChI is InChI=1S/C20H21ClN4O2S/c1-12-17(28-20(22)24-12)19(26)25-7-3-5-14(11-25)18-23-10-16(27-18)9-13-4-2-6-15(21)8-13/h2,4,6,8,10,14H,3,5,7,9,11H2,1H3,(H2,22,24). The molecule has 3 aromatic rings. The molecule has 28 heavy (non-hydrogen) atoms. The molecular weight excluding hydrogens is 396 g/mol. The van der Waals surface area contributed by atoms with E-state index >= 15 is 0 Å². The molecule has 1 unspecified atom stereocenters. The van der Waals surface area contributed by atoms with Gasteiger partial charge in [-0.25, -0.2) is 9.97 Å². The highest BCUT2D eigenvalue weighted by molar-refractivity contribution is 7.17. The molecular formula is C20H21ClN4O2S. The minimum absolute atomic E-state index is 0.0119. The Hall–Kier alpha value is -2.38. The third-order valence-electron chi connectivity index (χ3n) is 4.90. The van der Waals surface area contributed by atoms with Crippen molar-refractivity contribution in [3.8, 4) is 0 Å². The lowest BCUT2D eigenvalue weighted by Gasteiger charge is -2.31. The lowest BCUT2D eigenvalue weighted by atomic mass is 9.98. The maximum Gasteiger partial charge on any atom is 0.265 e. The van der Waals surface area contributed by atoms with E-state index in [1.807, 2.05) is 36.1 Å². The molecule has 3 heterocycles. The number of aromatic nitrogens is 2. The van der Waals surface area contributed by atoms with Crippen LogP contribution in [0.2, 0.25) is 5.02 Å². The average Bonchev–Trinajstić information content (AvgIpc) is 3.27. The highest BCUT2D eigenvalue weighted by Crippen LogP contribution is 2.30. The number of carbonyl (C=O) groups is 1. The molecule has 2 aromatic heterocycles. The van der Waals surface area contributed by atoms with Gasteiger partial charge >= 0.3 is 0 Å². The first-order valence-corrected chi connectivity index (χ1v) is 10.4. The van der Waals surface area contributed by atoms with E-state index in [1.54, 1.807) is 6.20 Å². The first kappa shape index (κ1) is 19.0. The Morgan fingerprint density at radius 1 is 1.46 bits per heavy atom. The van der Waals surface area contributed by atoms with Gasteiger partial charge in [0.25, 0.3) is 5.91 Å². The van der Waals surface area contributed by atoms with Crippen LogP contribution in [0.3, 0.4) is 0 Å². The topological polar surface area (TPSA) is 85.2 Å². The normalized spacial score (nSPS) is 17.1. The van der Waals surface area contributed by atoms with Crippen LogP contribution >= 0.6 is 22.9 Å². The van der Waals surface area contributed by atoms with Crippen LogP contribution in [0.4, 0.5) is 5.13 Å². The van der Waals surface area contributed by atoms with E-state index in [0.29, 0.717) is 39.6 Å². The second-order valence-electron chi connectivity index (χ2n) is 7.03. The van der Waals surface area contributed by atoms with Crippen LogP contribution in [-0.2, 0) is 6.42 Å². The molecule has 0 radical (unpaired) electrons. The Morgan fingerprint density at radius 3 is 3.07 bits per heavy atom. The number of likely N-dealkylation sites (tertiary alicyclic amines) is 1. The van der Waals surface area contributed by atoms with E-state index in [0.717, 1.165) is 30.7 Å². The third-order valence-corrected chi connectivity index (χ3v) is 6.11. The average molecular weight is 417 g/mol. The first-order valence-electron chi connectivity index (χ1n) is 9.21. The number of aryl methyl sites for hydroxylation is 1. The second kappa shape index (κ2) is 7.93. The fourth-order valence-corrected chi connectivity index (χ4v) is 4.58. The minimum atomic E-state index is -0.0119. The number of amides is 1. The number of hydrogen-bond donors (Lipinski definition) is 1. The Labute approximate surface area is 172 Å². The van der Waals surface area contributed by atoms with Crippen LogP contribution in [0.5, 0.6) is 0 Å². The Balaban J connectivity index is 1.45. The minimum Gasteiger partial charge on any atom is -0.445 e. The number of thiazole rings is 1. The summed E-state index contributed by atoms with van der Waals surface area (Å²) in [5, 5.41) is 1.13. The van der Waals surface area contributed by atoms with E-state index in [2.05, 4.69) is 9.97 Å². The molecule has 146 valence electrons. The van der Waals surface area contributed by atoms with Crippen LogP contribution in [0.25, 0.3) is 0 Å². The van der Waals surface area contributed by atoms with Gasteiger partial charge in [-0.2, -0.15) is 0 Å². The monoisotopic (exact) mass is 416 g/mol. The number of nitrogen functional groups attached to an aromatic ring is 1. The predicted molar refractivity (Wildman–Crippen MR) is 110 cm³/mol. The highest BCUT2D eigenvalue weighted by Gasteiger charge is 2.30. The van der Waals surface area contributed by atoms with Gasteiger partial charge in [0.15, 0.2) is 11.0 Å². The highest BCUT2D eigenvalue weighted by atomic mass is 35.5. The van der Waals surface area contributed by atoms with Crippen molar-refractivity contribution in [2.24, 2.45) is 0 Å². The van der Waals surface area contributed by atoms with Crippen molar-refractivity contribution >= 4 is 34.0 Å². The van der Waals surface area contributed by atoms with Gasteiger partial charge in [0.1, 0.15) is 10.6 Å². The van der Waals surface area contributed by atoms with E-state index in [-0.39, 0.29) is 11.8 Å². The molecule has 1 amide bonds. The van der Waals surface area contributed by atoms with Gasteiger partial charge in [0.2, 0.25) is 0 Å². The maximum atomic E-state index is 12.9. The molecule has 6 nitrogen and oxygen atoms in total. The molecule has 1 fully saturated rings. The van der Waals surface area contributed by atoms with E-state index in [1.165, 1.54) is 11.3 Å². The first-order chi connectivity index (χ1) is 13.5. The van der Waals surface area contributed by atoms with Crippen LogP contribution in [0, 0.1) is 6.92 Å². The van der Waals surface area contributed by atoms with E-state index in [4.69, 9.17) is 21.8 Å². The molecule has 1 aliphatic heterocycles. The zero-order chi connectivity index (χ0) is 19.7. The van der Waals surface area contributed by atoms with Crippen molar-refractivity contribution in [3.05, 3.63) is 63.3 Å². The molecule has 1 atom stereocenters. The molecule has 4 rings (SSSR count). The van der Waals surface area contributed by atoms with Gasteiger partial charge in [-0.3, -0.25) is 4.79 Å². The lowest BCUT2D eigenvalue weighted by molar-refractivity contribution is 0.0702. The zero-order valence-corrected chi connectivity index (χ0v) is 17.1. The third kappa shape index (κ3) is 4.05. The van der Waals surface area contributed by atoms with Gasteiger partial charge in [0.05, 0.1) is 17.8 Å². The summed E-state index contributed by atoms with van der Waals surface area (Å²) in [6.07, 6.45) is 4.27. The van der Waals surface area contributed by atoms with Gasteiger partial charge < -0.3 is 15.1 Å². The summed E-state index contributed by atoms with van der Waals surface area (Å²) in [5.74, 6) is 1.57. The van der Waals surface area contributed by atoms with E-state index < -0.39 is 0 Å². The number of anilines is 1. The van der Waals surface area contributed by atoms with Crippen molar-refractivity contribution in [2.75, 3.05) is 18.8 Å². The molecule has 0 saturated carbocycles. The van der Waals surface area contributed by atoms with Crippen molar-refractivity contribution in [1.82, 2.24) is 14.9 Å². The van der Waals surface area contributed by atoms with E-state index in [9.17, 15) is 4.79 Å². The summed E-state index contributed by atoms with van der Waals surface area (Å²) in [6, 6.07) is 7.71. The summed E-state index contributed by atoms with van der Waals surface area (Å²) < 4.78 is 6.01. The quantitative estimate of drug-likeness (QED) is 0.685. The number of oxazole rings is 1. The van der Waals surface area contributed by atoms with Crippen molar-refractivity contribution < 1.29 is 9.21 Å². The lowest BCUT2D eigenvalue weighted by Crippen LogP contribution is -2.39. The Kier molecular flexibility index (Phi) is 5.37. The Morgan fingerprint density at radius 2 is 2.32 bits per heavy atom. The fraction of sp³-hybridized carbons (Fsp3) is 0.350. The maximum absolute atomic E-state index is 12.9. The fourth-order valence-electron chi connectivity index (χ4n) is 3.56. The smallest absolute Gasteiger partial charge is 0.265 e. The summed E-state index contributed by atoms with van der Waals surface area (Å²) in [4.78, 5) is 24.0. The number of rotatable bonds is 4. The van der Waals surface area contributed by atoms with Gasteiger partial charge in [0, 0.05) is 24.5 Å². The van der Waals surface area contributed by atoms with Crippen LogP contribution in [0.15, 0.2) is 34.9 Å². The van der Waals surface area contributed by atoms with Crippen LogP contribution in [0.1, 0.15) is 51.3 Å². The van der Waals surface area contributed by atoms with Crippen LogP contribution in [-0.4, -0.2) is 33.9 Å². The van der Waals surface area contributed by atoms with Crippen molar-refractivity contribution in [1.29, 1.82) is 0 Å². The van der Waals surface area contributed by atoms with Gasteiger partial charge in [-0.1, -0.05) is 35.1 Å². The number of hydrogen-bond acceptors (Lipinski definition) is 6. The molecule has 0 spiro atoms. The summed E-state index contributed by atoms with van der Waals surface area (Å²) in [7, 11) is 0. The molecule has 1 aromatic carbocycles. The Bertz CT molecular complexity index is 1000. The summed E-state index contributed by atoms with van der Waals surface area (Å²) >= 11 is 7.30. The van der Waals surface area contributed by atoms with Crippen molar-refractivity contribution in [2.45, 2.75) is 32.1 Å². The predicted octanol–water partition coefficient (Wildman–Crippen LogP) is 4.29. The van der Waals surface area contributed by atoms with Crippen molar-refractivity contribution in [3.63, 3.8) is 0 Å². The largest absolute Gasteiger partial charge is 0.445 e.